The Bertz CT molecular complexity index is 1690. The molecule has 10 heteroatoms. The first-order valence-electron chi connectivity index (χ1n) is 20.4. The lowest BCUT2D eigenvalue weighted by Crippen LogP contribution is -2.13. The van der Waals surface area contributed by atoms with Gasteiger partial charge in [-0.1, -0.05) is 130 Å². The van der Waals surface area contributed by atoms with Gasteiger partial charge in [-0.3, -0.25) is 0 Å². The van der Waals surface area contributed by atoms with Crippen molar-refractivity contribution < 1.29 is 39.9 Å². The molecule has 0 aliphatic heterocycles. The summed E-state index contributed by atoms with van der Waals surface area (Å²) in [7, 11) is 0. The molecule has 0 saturated heterocycles. The minimum atomic E-state index is -2.29. The van der Waals surface area contributed by atoms with Crippen molar-refractivity contribution in [1.29, 1.82) is 0 Å². The second-order valence-electron chi connectivity index (χ2n) is 14.8. The second-order valence-corrected chi connectivity index (χ2v) is 15.4. The van der Waals surface area contributed by atoms with Gasteiger partial charge in [-0.15, -0.1) is 0 Å². The van der Waals surface area contributed by atoms with E-state index < -0.39 is 31.7 Å². The van der Waals surface area contributed by atoms with Crippen LogP contribution in [0.1, 0.15) is 119 Å². The molecule has 2 saturated carbocycles. The van der Waals surface area contributed by atoms with Crippen LogP contribution in [0.15, 0.2) is 122 Å². The van der Waals surface area contributed by atoms with E-state index in [2.05, 4.69) is 93.6 Å². The zero-order chi connectivity index (χ0) is 43.4. The molecule has 4 aromatic carbocycles. The molecule has 2 aliphatic rings. The van der Waals surface area contributed by atoms with Gasteiger partial charge in [-0.05, 0) is 150 Å². The van der Waals surface area contributed by atoms with E-state index in [-0.39, 0.29) is 4.68 Å². The van der Waals surface area contributed by atoms with E-state index in [1.165, 1.54) is 105 Å². The molecule has 324 valence electrons. The molecule has 6 rings (SSSR count). The third kappa shape index (κ3) is 20.4. The quantitative estimate of drug-likeness (QED) is 0.0874. The van der Waals surface area contributed by atoms with Crippen LogP contribution in [-0.2, 0) is 0 Å². The number of hydrogen-bond acceptors (Lipinski definition) is 1. The summed E-state index contributed by atoms with van der Waals surface area (Å²) in [6.07, 6.45) is 10.5. The molecule has 1 nitrogen and oxygen atoms in total. The van der Waals surface area contributed by atoms with Crippen LogP contribution in [0.4, 0.5) is 35.1 Å². The summed E-state index contributed by atoms with van der Waals surface area (Å²) in [5.41, 5.74) is 9.35. The van der Waals surface area contributed by atoms with Crippen LogP contribution in [-0.4, -0.2) is 11.5 Å². The summed E-state index contributed by atoms with van der Waals surface area (Å²) in [4.78, 5) is 0. The van der Waals surface area contributed by atoms with Gasteiger partial charge >= 0.3 is 0 Å². The van der Waals surface area contributed by atoms with Crippen molar-refractivity contribution in [2.45, 2.75) is 110 Å². The van der Waals surface area contributed by atoms with Gasteiger partial charge in [0.25, 0.3) is 12.2 Å². The van der Waals surface area contributed by atoms with Gasteiger partial charge in [-0.25, -0.2) is 17.6 Å². The predicted octanol–water partition coefficient (Wildman–Crippen LogP) is 18.2. The lowest BCUT2D eigenvalue weighted by molar-refractivity contribution is 0.192. The second kappa shape index (κ2) is 30.4. The van der Waals surface area contributed by atoms with Crippen LogP contribution >= 0.6 is 22.6 Å². The van der Waals surface area contributed by atoms with E-state index in [1.807, 2.05) is 24.3 Å². The van der Waals surface area contributed by atoms with Crippen molar-refractivity contribution in [2.75, 3.05) is 11.5 Å². The smallest absolute Gasteiger partial charge is 0.298 e. The lowest BCUT2D eigenvalue weighted by Gasteiger charge is -2.28. The lowest BCUT2D eigenvalue weighted by atomic mass is 9.77. The number of benzene rings is 4. The molecule has 0 unspecified atom stereocenters. The molecule has 0 spiro atoms. The van der Waals surface area contributed by atoms with E-state index in [1.54, 1.807) is 28.2 Å². The number of rotatable bonds is 10. The Balaban J connectivity index is 0.000000315. The van der Waals surface area contributed by atoms with Crippen molar-refractivity contribution in [1.82, 2.24) is 0 Å². The van der Waals surface area contributed by atoms with Gasteiger partial charge in [0.2, 0.25) is 6.86 Å². The van der Waals surface area contributed by atoms with Crippen LogP contribution in [0, 0.1) is 18.8 Å². The zero-order valence-corrected chi connectivity index (χ0v) is 36.6. The summed E-state index contributed by atoms with van der Waals surface area (Å²) in [5, 5.41) is 0. The Morgan fingerprint density at radius 1 is 0.542 bits per heavy atom. The Morgan fingerprint density at radius 3 is 1.10 bits per heavy atom. The van der Waals surface area contributed by atoms with E-state index >= 15 is 0 Å². The molecule has 0 atom stereocenters. The molecule has 0 bridgehead atoms. The van der Waals surface area contributed by atoms with Gasteiger partial charge in [0, 0.05) is 0 Å². The Kier molecular flexibility index (Phi) is 26.5. The standard InChI is InChI=1S/C22H27FO.C22H28.2C2HF3.CH2FI/c1-2-3-17-4-6-18(7-5-17)19-8-10-20(11-9-19)21-12-14-22(15-13-21)24-16-23;1-3-4-18-7-11-20(12-8-18)22-15-13-21(14-16-22)19-9-5-17(2)6-10-19;2*3-1-2(4)5;2-1-3/h8-15,17-18H,2-7,16H2,1H3;5-6,9-10,13-16,18,20H,3-4,7-8,11-12H2,1-2H3;2*1H;1H2. The average molecular weight is 943 g/mol. The molecular weight excluding hydrogens is 883 g/mol. The topological polar surface area (TPSA) is 9.23 Å². The highest BCUT2D eigenvalue weighted by Crippen LogP contribution is 2.39. The van der Waals surface area contributed by atoms with Gasteiger partial charge in [0.05, 0.1) is 0 Å². The van der Waals surface area contributed by atoms with Gasteiger partial charge < -0.3 is 4.74 Å². The predicted molar refractivity (Wildman–Crippen MR) is 237 cm³/mol. The van der Waals surface area contributed by atoms with Gasteiger partial charge in [-0.2, -0.15) is 17.6 Å². The molecule has 0 amide bonds. The highest BCUT2D eigenvalue weighted by molar-refractivity contribution is 14.1. The first-order valence-corrected chi connectivity index (χ1v) is 21.9. The third-order valence-electron chi connectivity index (χ3n) is 10.8. The third-order valence-corrected chi connectivity index (χ3v) is 10.8. The SMILES string of the molecule is CCCC1CCC(c2ccc(-c3ccc(C)cc3)cc2)CC1.CCCC1CCC(c2ccc(-c3ccc(OCF)cc3)cc2)CC1.FC=C(F)F.FC=C(F)F.FCI. The molecule has 2 aliphatic carbocycles. The highest BCUT2D eigenvalue weighted by Gasteiger charge is 2.23. The van der Waals surface area contributed by atoms with E-state index in [4.69, 9.17) is 4.74 Å². The Morgan fingerprint density at radius 2 is 0.831 bits per heavy atom. The minimum Gasteiger partial charge on any atom is -0.463 e. The van der Waals surface area contributed by atoms with Gasteiger partial charge in [0.1, 0.15) is 10.4 Å². The fourth-order valence-corrected chi connectivity index (χ4v) is 7.83. The maximum absolute atomic E-state index is 12.2. The first kappa shape index (κ1) is 51.5. The summed E-state index contributed by atoms with van der Waals surface area (Å²) in [6, 6.07) is 34.7. The van der Waals surface area contributed by atoms with Crippen LogP contribution in [0.25, 0.3) is 22.3 Å². The van der Waals surface area contributed by atoms with Crippen molar-refractivity contribution in [3.63, 3.8) is 0 Å². The minimum absolute atomic E-state index is 0.280. The average Bonchev–Trinajstić information content (AvgIpc) is 3.26. The molecule has 0 aromatic heterocycles. The fourth-order valence-electron chi connectivity index (χ4n) is 7.83. The Hall–Kier alpha value is -3.67. The monoisotopic (exact) mass is 942 g/mol. The van der Waals surface area contributed by atoms with E-state index in [0.717, 1.165) is 29.2 Å². The maximum atomic E-state index is 12.2. The molecule has 2 fully saturated rings. The van der Waals surface area contributed by atoms with Gasteiger partial charge in [0.15, 0.2) is 12.7 Å². The first-order chi connectivity index (χ1) is 28.5. The molecule has 59 heavy (non-hydrogen) atoms. The maximum Gasteiger partial charge on any atom is 0.298 e. The van der Waals surface area contributed by atoms with Crippen LogP contribution in [0.3, 0.4) is 0 Å². The van der Waals surface area contributed by atoms with Crippen LogP contribution in [0.5, 0.6) is 5.75 Å². The number of ether oxygens (including phenoxy) is 1. The highest BCUT2D eigenvalue weighted by atomic mass is 127. The molecule has 0 N–H and O–H groups in total. The molecule has 0 heterocycles. The normalized spacial score (nSPS) is 18.0. The van der Waals surface area contributed by atoms with E-state index in [9.17, 15) is 35.1 Å². The zero-order valence-electron chi connectivity index (χ0n) is 34.4. The summed E-state index contributed by atoms with van der Waals surface area (Å²) in [6.45, 7) is 5.97. The van der Waals surface area contributed by atoms with Crippen molar-refractivity contribution in [2.24, 2.45) is 11.8 Å². The van der Waals surface area contributed by atoms with Crippen molar-refractivity contribution in [3.8, 4) is 28.0 Å². The number of aryl methyl sites for hydroxylation is 1. The summed E-state index contributed by atoms with van der Waals surface area (Å²) >= 11 is 1.62. The summed E-state index contributed by atoms with van der Waals surface area (Å²) in [5.74, 6) is 4.04. The number of hydrogen-bond donors (Lipinski definition) is 0. The van der Waals surface area contributed by atoms with Crippen molar-refractivity contribution in [3.05, 3.63) is 139 Å². The number of alkyl halides is 3. The Labute approximate surface area is 360 Å². The molecule has 4 aromatic rings. The fraction of sp³-hybridized carbons (Fsp3) is 0.429. The number of halogens is 9. The van der Waals surface area contributed by atoms with Crippen LogP contribution < -0.4 is 4.74 Å². The van der Waals surface area contributed by atoms with Crippen molar-refractivity contribution >= 4 is 22.6 Å². The van der Waals surface area contributed by atoms with E-state index in [0.29, 0.717) is 5.75 Å². The van der Waals surface area contributed by atoms with Crippen LogP contribution in [0.2, 0.25) is 0 Å². The molecule has 0 radical (unpaired) electrons. The summed E-state index contributed by atoms with van der Waals surface area (Å²) < 4.78 is 88.4. The molecular formula is C49H59F8IO. The largest absolute Gasteiger partial charge is 0.463 e.